The van der Waals surface area contributed by atoms with Crippen LogP contribution in [0.15, 0.2) is 47.5 Å². The Hall–Kier alpha value is -1.90. The van der Waals surface area contributed by atoms with Crippen LogP contribution in [0.25, 0.3) is 0 Å². The summed E-state index contributed by atoms with van der Waals surface area (Å²) in [6, 6.07) is 10.8. The van der Waals surface area contributed by atoms with Gasteiger partial charge >= 0.3 is 0 Å². The second-order valence-corrected chi connectivity index (χ2v) is 4.98. The Balaban J connectivity index is 0.00000288. The third kappa shape index (κ3) is 5.95. The van der Waals surface area contributed by atoms with Gasteiger partial charge in [0.25, 0.3) is 0 Å². The zero-order valence-electron chi connectivity index (χ0n) is 13.2. The van der Waals surface area contributed by atoms with E-state index in [9.17, 15) is 8.78 Å². The maximum Gasteiger partial charge on any atom is 0.191 e. The smallest absolute Gasteiger partial charge is 0.191 e. The normalized spacial score (nSPS) is 10.9. The maximum absolute atomic E-state index is 13.5. The first-order chi connectivity index (χ1) is 11.1. The summed E-state index contributed by atoms with van der Waals surface area (Å²) in [5, 5.41) is 15.3. The minimum Gasteiger partial charge on any atom is -0.505 e. The van der Waals surface area contributed by atoms with Crippen molar-refractivity contribution in [3.8, 4) is 5.75 Å². The summed E-state index contributed by atoms with van der Waals surface area (Å²) in [4.78, 5) is 4.05. The molecular weight excluding hydrogens is 427 g/mol. The summed E-state index contributed by atoms with van der Waals surface area (Å²) >= 11 is 0. The number of benzene rings is 2. The zero-order valence-corrected chi connectivity index (χ0v) is 15.6. The number of aromatic hydroxyl groups is 1. The van der Waals surface area contributed by atoms with Crippen LogP contribution in [0.3, 0.4) is 0 Å². The van der Waals surface area contributed by atoms with E-state index in [0.29, 0.717) is 36.6 Å². The van der Waals surface area contributed by atoms with Crippen LogP contribution in [0.1, 0.15) is 11.1 Å². The predicted molar refractivity (Wildman–Crippen MR) is 102 cm³/mol. The van der Waals surface area contributed by atoms with Crippen molar-refractivity contribution in [1.29, 1.82) is 0 Å². The number of phenolic OH excluding ortho intramolecular Hbond substituents is 1. The minimum atomic E-state index is -0.660. The molecule has 0 saturated heterocycles. The van der Waals surface area contributed by atoms with Gasteiger partial charge in [0, 0.05) is 20.1 Å². The van der Waals surface area contributed by atoms with Crippen molar-refractivity contribution in [1.82, 2.24) is 10.6 Å². The number of guanidine groups is 1. The fraction of sp³-hybridized carbons (Fsp3) is 0.235. The number of halogens is 3. The monoisotopic (exact) mass is 447 g/mol. The fourth-order valence-electron chi connectivity index (χ4n) is 2.08. The Morgan fingerprint density at radius 1 is 1.08 bits per heavy atom. The van der Waals surface area contributed by atoms with Crippen LogP contribution in [0.2, 0.25) is 0 Å². The first kappa shape index (κ1) is 20.1. The molecule has 0 saturated carbocycles. The van der Waals surface area contributed by atoms with E-state index >= 15 is 0 Å². The number of hydrogen-bond donors (Lipinski definition) is 3. The molecule has 7 heteroatoms. The molecule has 0 aromatic heterocycles. The highest BCUT2D eigenvalue weighted by molar-refractivity contribution is 14.0. The molecule has 2 rings (SSSR count). The Kier molecular flexibility index (Phi) is 8.45. The first-order valence-corrected chi connectivity index (χ1v) is 7.25. The van der Waals surface area contributed by atoms with E-state index in [4.69, 9.17) is 5.11 Å². The standard InChI is InChI=1S/C17H19F2N3O.HI/c1-20-17(21-9-8-13-4-2-3-5-14(13)18)22-11-12-6-7-16(23)15(19)10-12;/h2-7,10,23H,8-9,11H2,1H3,(H2,20,21,22);1H. The van der Waals surface area contributed by atoms with Crippen LogP contribution in [0.4, 0.5) is 8.78 Å². The van der Waals surface area contributed by atoms with Crippen molar-refractivity contribution in [3.63, 3.8) is 0 Å². The lowest BCUT2D eigenvalue weighted by Gasteiger charge is -2.12. The van der Waals surface area contributed by atoms with Gasteiger partial charge in [0.1, 0.15) is 5.82 Å². The van der Waals surface area contributed by atoms with Crippen molar-refractivity contribution >= 4 is 29.9 Å². The van der Waals surface area contributed by atoms with Crippen LogP contribution in [-0.4, -0.2) is 24.7 Å². The Bertz CT molecular complexity index is 695. The quantitative estimate of drug-likeness (QED) is 0.375. The molecule has 2 aromatic rings. The third-order valence-electron chi connectivity index (χ3n) is 3.34. The van der Waals surface area contributed by atoms with E-state index < -0.39 is 5.82 Å². The molecule has 2 aromatic carbocycles. The average Bonchev–Trinajstić information content (AvgIpc) is 2.55. The molecule has 4 nitrogen and oxygen atoms in total. The molecule has 0 amide bonds. The average molecular weight is 447 g/mol. The largest absolute Gasteiger partial charge is 0.505 e. The molecule has 0 aliphatic rings. The lowest BCUT2D eigenvalue weighted by molar-refractivity contribution is 0.431. The number of rotatable bonds is 5. The van der Waals surface area contributed by atoms with E-state index in [1.807, 2.05) is 0 Å². The van der Waals surface area contributed by atoms with Crippen molar-refractivity contribution in [3.05, 3.63) is 65.2 Å². The molecule has 0 spiro atoms. The van der Waals surface area contributed by atoms with Gasteiger partial charge in [-0.3, -0.25) is 4.99 Å². The van der Waals surface area contributed by atoms with Gasteiger partial charge in [-0.15, -0.1) is 24.0 Å². The minimum absolute atomic E-state index is 0. The predicted octanol–water partition coefficient (Wildman–Crippen LogP) is 3.20. The van der Waals surface area contributed by atoms with Crippen molar-refractivity contribution in [2.24, 2.45) is 4.99 Å². The molecule has 0 atom stereocenters. The molecule has 0 bridgehead atoms. The number of aliphatic imine (C=N–C) groups is 1. The van der Waals surface area contributed by atoms with E-state index in [1.54, 1.807) is 31.3 Å². The van der Waals surface area contributed by atoms with Gasteiger partial charge in [0.2, 0.25) is 0 Å². The van der Waals surface area contributed by atoms with Gasteiger partial charge in [-0.25, -0.2) is 8.78 Å². The molecule has 0 unspecified atom stereocenters. The van der Waals surface area contributed by atoms with Gasteiger partial charge in [-0.05, 0) is 35.7 Å². The van der Waals surface area contributed by atoms with E-state index in [2.05, 4.69) is 15.6 Å². The summed E-state index contributed by atoms with van der Waals surface area (Å²) < 4.78 is 26.8. The van der Waals surface area contributed by atoms with E-state index in [0.717, 1.165) is 0 Å². The second-order valence-electron chi connectivity index (χ2n) is 4.98. The number of hydrogen-bond acceptors (Lipinski definition) is 2. The lowest BCUT2D eigenvalue weighted by Crippen LogP contribution is -2.37. The van der Waals surface area contributed by atoms with E-state index in [-0.39, 0.29) is 35.5 Å². The van der Waals surface area contributed by atoms with Crippen molar-refractivity contribution in [2.45, 2.75) is 13.0 Å². The van der Waals surface area contributed by atoms with Crippen LogP contribution >= 0.6 is 24.0 Å². The van der Waals surface area contributed by atoms with E-state index in [1.165, 1.54) is 18.2 Å². The fourth-order valence-corrected chi connectivity index (χ4v) is 2.08. The molecule has 0 aliphatic heterocycles. The third-order valence-corrected chi connectivity index (χ3v) is 3.34. The lowest BCUT2D eigenvalue weighted by atomic mass is 10.1. The Labute approximate surface area is 157 Å². The second kappa shape index (κ2) is 10.1. The molecule has 0 heterocycles. The number of nitrogens with zero attached hydrogens (tertiary/aromatic N) is 1. The number of nitrogens with one attached hydrogen (secondary N) is 2. The molecule has 0 fully saturated rings. The maximum atomic E-state index is 13.5. The van der Waals surface area contributed by atoms with Gasteiger partial charge in [-0.2, -0.15) is 0 Å². The molecule has 24 heavy (non-hydrogen) atoms. The molecule has 3 N–H and O–H groups in total. The molecule has 130 valence electrons. The summed E-state index contributed by atoms with van der Waals surface area (Å²) in [7, 11) is 1.62. The first-order valence-electron chi connectivity index (χ1n) is 7.25. The van der Waals surface area contributed by atoms with Crippen LogP contribution in [0.5, 0.6) is 5.75 Å². The van der Waals surface area contributed by atoms with Gasteiger partial charge < -0.3 is 15.7 Å². The van der Waals surface area contributed by atoms with Crippen LogP contribution in [0, 0.1) is 11.6 Å². The van der Waals surface area contributed by atoms with Gasteiger partial charge in [0.15, 0.2) is 17.5 Å². The topological polar surface area (TPSA) is 56.7 Å². The summed E-state index contributed by atoms with van der Waals surface area (Å²) in [5.74, 6) is -0.723. The van der Waals surface area contributed by atoms with Gasteiger partial charge in [0.05, 0.1) is 0 Å². The highest BCUT2D eigenvalue weighted by atomic mass is 127. The van der Waals surface area contributed by atoms with Crippen LogP contribution < -0.4 is 10.6 Å². The SMILES string of the molecule is CN=C(NCCc1ccccc1F)NCc1ccc(O)c(F)c1.I. The summed E-state index contributed by atoms with van der Waals surface area (Å²) in [6.07, 6.45) is 0.529. The molecule has 0 radical (unpaired) electrons. The van der Waals surface area contributed by atoms with Gasteiger partial charge in [-0.1, -0.05) is 24.3 Å². The zero-order chi connectivity index (χ0) is 16.7. The summed E-state index contributed by atoms with van der Waals surface area (Å²) in [5.41, 5.74) is 1.31. The van der Waals surface area contributed by atoms with Crippen LogP contribution in [-0.2, 0) is 13.0 Å². The van der Waals surface area contributed by atoms with Crippen molar-refractivity contribution < 1.29 is 13.9 Å². The summed E-state index contributed by atoms with van der Waals surface area (Å²) in [6.45, 7) is 0.876. The highest BCUT2D eigenvalue weighted by Crippen LogP contribution is 2.15. The molecular formula is C17H20F2IN3O. The Morgan fingerprint density at radius 2 is 1.83 bits per heavy atom. The Morgan fingerprint density at radius 3 is 2.50 bits per heavy atom. The molecule has 0 aliphatic carbocycles. The van der Waals surface area contributed by atoms with Crippen molar-refractivity contribution in [2.75, 3.05) is 13.6 Å². The highest BCUT2D eigenvalue weighted by Gasteiger charge is 2.04. The number of phenols is 1.